The average Bonchev–Trinajstić information content (AvgIpc) is 2.61. The van der Waals surface area contributed by atoms with E-state index in [2.05, 4.69) is 21.0 Å². The predicted molar refractivity (Wildman–Crippen MR) is 67.1 cm³/mol. The molecule has 1 N–H and O–H groups in total. The van der Waals surface area contributed by atoms with Crippen LogP contribution in [0.1, 0.15) is 5.69 Å². The molecule has 0 aliphatic rings. The molecule has 2 aromatic rings. The number of nitrogens with zero attached hydrogens (tertiary/aromatic N) is 2. The summed E-state index contributed by atoms with van der Waals surface area (Å²) >= 11 is 9.47. The second-order valence-corrected chi connectivity index (χ2v) is 4.55. The highest BCUT2D eigenvalue weighted by atomic mass is 79.9. The second-order valence-electron chi connectivity index (χ2n) is 3.29. The van der Waals surface area contributed by atoms with Crippen molar-refractivity contribution in [2.24, 2.45) is 0 Å². The lowest BCUT2D eigenvalue weighted by Crippen LogP contribution is -1.98. The van der Waals surface area contributed by atoms with Crippen molar-refractivity contribution in [3.05, 3.63) is 45.7 Å². The maximum atomic E-state index is 8.88. The Morgan fingerprint density at radius 3 is 2.81 bits per heavy atom. The maximum absolute atomic E-state index is 8.88. The van der Waals surface area contributed by atoms with E-state index in [9.17, 15) is 0 Å². The lowest BCUT2D eigenvalue weighted by atomic mass is 10.3. The molecular formula is C11H10BrClN2O. The van der Waals surface area contributed by atoms with Crippen molar-refractivity contribution in [3.63, 3.8) is 0 Å². The van der Waals surface area contributed by atoms with E-state index in [0.29, 0.717) is 11.4 Å². The Morgan fingerprint density at radius 1 is 1.38 bits per heavy atom. The topological polar surface area (TPSA) is 38.1 Å². The van der Waals surface area contributed by atoms with Crippen LogP contribution in [-0.4, -0.2) is 21.5 Å². The number of benzene rings is 1. The molecular weight excluding hydrogens is 291 g/mol. The van der Waals surface area contributed by atoms with Crippen LogP contribution in [-0.2, 0) is 6.42 Å². The van der Waals surface area contributed by atoms with Gasteiger partial charge >= 0.3 is 0 Å². The van der Waals surface area contributed by atoms with Gasteiger partial charge in [-0.2, -0.15) is 5.10 Å². The van der Waals surface area contributed by atoms with Crippen LogP contribution >= 0.6 is 27.5 Å². The summed E-state index contributed by atoms with van der Waals surface area (Å²) in [5.41, 5.74) is 1.65. The van der Waals surface area contributed by atoms with Crippen molar-refractivity contribution in [1.29, 1.82) is 0 Å². The lowest BCUT2D eigenvalue weighted by Gasteiger charge is -2.02. The highest BCUT2D eigenvalue weighted by Gasteiger charge is 2.08. The Labute approximate surface area is 107 Å². The molecule has 0 unspecified atom stereocenters. The highest BCUT2D eigenvalue weighted by molar-refractivity contribution is 9.10. The molecule has 0 saturated carbocycles. The summed E-state index contributed by atoms with van der Waals surface area (Å²) in [6.45, 7) is 0.0815. The van der Waals surface area contributed by atoms with Gasteiger partial charge in [0.25, 0.3) is 0 Å². The Hall–Kier alpha value is -0.840. The van der Waals surface area contributed by atoms with Gasteiger partial charge < -0.3 is 5.11 Å². The second kappa shape index (κ2) is 4.99. The highest BCUT2D eigenvalue weighted by Crippen LogP contribution is 2.23. The molecule has 1 aromatic carbocycles. The van der Waals surface area contributed by atoms with Gasteiger partial charge in [0.2, 0.25) is 0 Å². The molecule has 1 heterocycles. The number of hydrogen-bond donors (Lipinski definition) is 1. The third-order valence-electron chi connectivity index (χ3n) is 2.19. The zero-order valence-corrected chi connectivity index (χ0v) is 10.7. The van der Waals surface area contributed by atoms with Gasteiger partial charge in [0.05, 0.1) is 20.9 Å². The molecule has 1 aromatic heterocycles. The van der Waals surface area contributed by atoms with Crippen LogP contribution in [0.15, 0.2) is 34.9 Å². The molecule has 0 aliphatic heterocycles. The van der Waals surface area contributed by atoms with Crippen LogP contribution in [0.4, 0.5) is 0 Å². The summed E-state index contributed by atoms with van der Waals surface area (Å²) in [5.74, 6) is 0. The van der Waals surface area contributed by atoms with Gasteiger partial charge in [-0.3, -0.25) is 0 Å². The quantitative estimate of drug-likeness (QED) is 0.946. The Kier molecular flexibility index (Phi) is 3.63. The van der Waals surface area contributed by atoms with Crippen molar-refractivity contribution in [3.8, 4) is 5.69 Å². The van der Waals surface area contributed by atoms with Crippen molar-refractivity contribution in [1.82, 2.24) is 9.78 Å². The van der Waals surface area contributed by atoms with Crippen molar-refractivity contribution in [2.75, 3.05) is 6.61 Å². The molecule has 0 amide bonds. The summed E-state index contributed by atoms with van der Waals surface area (Å²) in [5, 5.41) is 13.9. The van der Waals surface area contributed by atoms with Crippen molar-refractivity contribution in [2.45, 2.75) is 6.42 Å². The molecule has 0 aliphatic carbocycles. The first kappa shape index (κ1) is 11.6. The third kappa shape index (κ3) is 2.29. The third-order valence-corrected chi connectivity index (χ3v) is 3.17. The largest absolute Gasteiger partial charge is 0.396 e. The van der Waals surface area contributed by atoms with Crippen LogP contribution in [0, 0.1) is 0 Å². The van der Waals surface area contributed by atoms with Gasteiger partial charge in [0.1, 0.15) is 0 Å². The van der Waals surface area contributed by atoms with E-state index in [1.807, 2.05) is 30.5 Å². The fourth-order valence-corrected chi connectivity index (χ4v) is 2.12. The summed E-state index contributed by atoms with van der Waals surface area (Å²) in [4.78, 5) is 0. The van der Waals surface area contributed by atoms with Gasteiger partial charge in [0, 0.05) is 19.2 Å². The molecule has 5 heteroatoms. The molecule has 0 radical (unpaired) electrons. The smallest absolute Gasteiger partial charge is 0.0832 e. The van der Waals surface area contributed by atoms with Crippen LogP contribution in [0.5, 0.6) is 0 Å². The number of hydrogen-bond acceptors (Lipinski definition) is 2. The van der Waals surface area contributed by atoms with E-state index >= 15 is 0 Å². The fourth-order valence-electron chi connectivity index (χ4n) is 1.42. The van der Waals surface area contributed by atoms with Gasteiger partial charge in [-0.1, -0.05) is 23.7 Å². The van der Waals surface area contributed by atoms with Crippen molar-refractivity contribution >= 4 is 27.5 Å². The van der Waals surface area contributed by atoms with Crippen LogP contribution < -0.4 is 0 Å². The fraction of sp³-hybridized carbons (Fsp3) is 0.182. The summed E-state index contributed by atoms with van der Waals surface area (Å²) in [6.07, 6.45) is 2.37. The molecule has 0 saturated heterocycles. The Bertz CT molecular complexity index is 498. The number of aromatic nitrogens is 2. The van der Waals surface area contributed by atoms with Crippen molar-refractivity contribution < 1.29 is 5.11 Å². The standard InChI is InChI=1S/C11H10BrClN2O/c12-8-7-15(14-10(8)5-6-16)11-4-2-1-3-9(11)13/h1-4,7,16H,5-6H2. The number of aliphatic hydroxyl groups is 1. The molecule has 3 nitrogen and oxygen atoms in total. The summed E-state index contributed by atoms with van der Waals surface area (Å²) in [6, 6.07) is 7.49. The minimum atomic E-state index is 0.0815. The van der Waals surface area contributed by atoms with E-state index in [1.54, 1.807) is 4.68 Å². The van der Waals surface area contributed by atoms with E-state index in [-0.39, 0.29) is 6.61 Å². The van der Waals surface area contributed by atoms with Gasteiger partial charge in [-0.15, -0.1) is 0 Å². The molecule has 16 heavy (non-hydrogen) atoms. The first-order chi connectivity index (χ1) is 7.72. The van der Waals surface area contributed by atoms with Crippen LogP contribution in [0.2, 0.25) is 5.02 Å². The zero-order chi connectivity index (χ0) is 11.5. The monoisotopic (exact) mass is 300 g/mol. The minimum Gasteiger partial charge on any atom is -0.396 e. The van der Waals surface area contributed by atoms with E-state index in [1.165, 1.54) is 0 Å². The number of halogens is 2. The van der Waals surface area contributed by atoms with Crippen LogP contribution in [0.3, 0.4) is 0 Å². The maximum Gasteiger partial charge on any atom is 0.0832 e. The van der Waals surface area contributed by atoms with Gasteiger partial charge in [-0.25, -0.2) is 4.68 Å². The van der Waals surface area contributed by atoms with Crippen LogP contribution in [0.25, 0.3) is 5.69 Å². The molecule has 0 bridgehead atoms. The first-order valence-corrected chi connectivity index (χ1v) is 5.99. The number of para-hydroxylation sites is 1. The van der Waals surface area contributed by atoms with E-state index < -0.39 is 0 Å². The minimum absolute atomic E-state index is 0.0815. The SMILES string of the molecule is OCCc1nn(-c2ccccc2Cl)cc1Br. The number of rotatable bonds is 3. The Morgan fingerprint density at radius 2 is 2.12 bits per heavy atom. The molecule has 0 fully saturated rings. The predicted octanol–water partition coefficient (Wildman–Crippen LogP) is 2.82. The summed E-state index contributed by atoms with van der Waals surface area (Å²) < 4.78 is 2.58. The van der Waals surface area contributed by atoms with E-state index in [0.717, 1.165) is 15.9 Å². The normalized spacial score (nSPS) is 10.7. The number of aliphatic hydroxyl groups excluding tert-OH is 1. The molecule has 84 valence electrons. The van der Waals surface area contributed by atoms with Gasteiger partial charge in [0.15, 0.2) is 0 Å². The lowest BCUT2D eigenvalue weighted by molar-refractivity contribution is 0.298. The van der Waals surface area contributed by atoms with E-state index in [4.69, 9.17) is 16.7 Å². The molecule has 0 atom stereocenters. The summed E-state index contributed by atoms with van der Waals surface area (Å²) in [7, 11) is 0. The Balaban J connectivity index is 2.42. The zero-order valence-electron chi connectivity index (χ0n) is 8.40. The molecule has 0 spiro atoms. The first-order valence-electron chi connectivity index (χ1n) is 4.82. The van der Waals surface area contributed by atoms with Gasteiger partial charge in [-0.05, 0) is 28.1 Å². The average molecular weight is 302 g/mol. The molecule has 2 rings (SSSR count).